The first-order chi connectivity index (χ1) is 7.06. The number of carbonyl (C=O) groups is 1. The van der Waals surface area contributed by atoms with Crippen LogP contribution < -0.4 is 0 Å². The second kappa shape index (κ2) is 5.47. The van der Waals surface area contributed by atoms with Crippen LogP contribution in [0.1, 0.15) is 33.1 Å². The fourth-order valence-corrected chi connectivity index (χ4v) is 1.99. The van der Waals surface area contributed by atoms with Crippen molar-refractivity contribution in [1.29, 1.82) is 0 Å². The fraction of sp³-hybridized carbons (Fsp3) is 0.909. The SMILES string of the molecule is CO[C@@H]([C@@H]1CCC[C@@H](C)O1)N(C)C(C)=O. The topological polar surface area (TPSA) is 38.8 Å². The molecule has 4 nitrogen and oxygen atoms in total. The van der Waals surface area contributed by atoms with Gasteiger partial charge in [0.1, 0.15) is 6.10 Å². The monoisotopic (exact) mass is 215 g/mol. The Balaban J connectivity index is 2.60. The molecule has 0 aromatic heterocycles. The fourth-order valence-electron chi connectivity index (χ4n) is 1.99. The quantitative estimate of drug-likeness (QED) is 0.668. The molecular weight excluding hydrogens is 194 g/mol. The van der Waals surface area contributed by atoms with Gasteiger partial charge in [-0.1, -0.05) is 0 Å². The van der Waals surface area contributed by atoms with Crippen molar-refractivity contribution in [3.8, 4) is 0 Å². The number of amides is 1. The van der Waals surface area contributed by atoms with Crippen LogP contribution in [0.5, 0.6) is 0 Å². The maximum Gasteiger partial charge on any atom is 0.221 e. The average molecular weight is 215 g/mol. The van der Waals surface area contributed by atoms with E-state index in [0.717, 1.165) is 19.3 Å². The lowest BCUT2D eigenvalue weighted by Gasteiger charge is -2.37. The zero-order valence-electron chi connectivity index (χ0n) is 10.0. The summed E-state index contributed by atoms with van der Waals surface area (Å²) in [5, 5.41) is 0. The molecule has 1 aliphatic heterocycles. The van der Waals surface area contributed by atoms with Crippen LogP contribution in [0.15, 0.2) is 0 Å². The summed E-state index contributed by atoms with van der Waals surface area (Å²) in [5.41, 5.74) is 0. The van der Waals surface area contributed by atoms with E-state index in [1.807, 2.05) is 0 Å². The molecule has 0 spiro atoms. The lowest BCUT2D eigenvalue weighted by molar-refractivity contribution is -0.171. The third-order valence-corrected chi connectivity index (χ3v) is 2.94. The predicted octanol–water partition coefficient (Wildman–Crippen LogP) is 1.39. The van der Waals surface area contributed by atoms with Crippen molar-refractivity contribution < 1.29 is 14.3 Å². The highest BCUT2D eigenvalue weighted by atomic mass is 16.6. The van der Waals surface area contributed by atoms with Gasteiger partial charge in [-0.2, -0.15) is 0 Å². The van der Waals surface area contributed by atoms with E-state index in [2.05, 4.69) is 6.92 Å². The minimum Gasteiger partial charge on any atom is -0.371 e. The Morgan fingerprint density at radius 3 is 2.67 bits per heavy atom. The van der Waals surface area contributed by atoms with Gasteiger partial charge in [0.05, 0.1) is 6.10 Å². The normalized spacial score (nSPS) is 28.5. The number of rotatable bonds is 3. The van der Waals surface area contributed by atoms with E-state index in [0.29, 0.717) is 0 Å². The van der Waals surface area contributed by atoms with Gasteiger partial charge >= 0.3 is 0 Å². The van der Waals surface area contributed by atoms with Crippen molar-refractivity contribution in [3.63, 3.8) is 0 Å². The highest BCUT2D eigenvalue weighted by Gasteiger charge is 2.31. The standard InChI is InChI=1S/C11H21NO3/c1-8-6-5-7-10(15-8)11(14-4)12(3)9(2)13/h8,10-11H,5-7H2,1-4H3/t8-,10+,11+/m1/s1. The summed E-state index contributed by atoms with van der Waals surface area (Å²) in [4.78, 5) is 12.9. The molecule has 3 atom stereocenters. The van der Waals surface area contributed by atoms with Gasteiger partial charge in [-0.05, 0) is 26.2 Å². The molecule has 15 heavy (non-hydrogen) atoms. The molecule has 0 radical (unpaired) electrons. The Morgan fingerprint density at radius 2 is 2.20 bits per heavy atom. The van der Waals surface area contributed by atoms with Crippen molar-refractivity contribution in [2.24, 2.45) is 0 Å². The minimum absolute atomic E-state index is 0.00340. The molecule has 1 heterocycles. The summed E-state index contributed by atoms with van der Waals surface area (Å²) in [6, 6.07) is 0. The molecule has 1 saturated heterocycles. The molecule has 1 rings (SSSR count). The Morgan fingerprint density at radius 1 is 1.53 bits per heavy atom. The van der Waals surface area contributed by atoms with Gasteiger partial charge in [-0.15, -0.1) is 0 Å². The first-order valence-corrected chi connectivity index (χ1v) is 5.48. The van der Waals surface area contributed by atoms with Crippen LogP contribution in [0.25, 0.3) is 0 Å². The molecule has 0 aromatic carbocycles. The number of likely N-dealkylation sites (N-methyl/N-ethyl adjacent to an activating group) is 1. The van der Waals surface area contributed by atoms with Gasteiger partial charge in [0.15, 0.2) is 6.23 Å². The zero-order chi connectivity index (χ0) is 11.4. The molecule has 0 unspecified atom stereocenters. The third kappa shape index (κ3) is 3.18. The maximum absolute atomic E-state index is 11.3. The number of ether oxygens (including phenoxy) is 2. The summed E-state index contributed by atoms with van der Waals surface area (Å²) in [5.74, 6) is 0.00340. The van der Waals surface area contributed by atoms with Crippen molar-refractivity contribution >= 4 is 5.91 Å². The molecule has 4 heteroatoms. The Kier molecular flexibility index (Phi) is 4.54. The molecule has 0 aromatic rings. The maximum atomic E-state index is 11.3. The van der Waals surface area contributed by atoms with E-state index in [4.69, 9.17) is 9.47 Å². The molecular formula is C11H21NO3. The van der Waals surface area contributed by atoms with Gasteiger partial charge in [0.2, 0.25) is 5.91 Å². The van der Waals surface area contributed by atoms with Crippen LogP contribution in [-0.4, -0.2) is 43.4 Å². The molecule has 0 saturated carbocycles. The van der Waals surface area contributed by atoms with E-state index < -0.39 is 0 Å². The third-order valence-electron chi connectivity index (χ3n) is 2.94. The van der Waals surface area contributed by atoms with Gasteiger partial charge in [-0.3, -0.25) is 4.79 Å². The summed E-state index contributed by atoms with van der Waals surface area (Å²) >= 11 is 0. The largest absolute Gasteiger partial charge is 0.371 e. The smallest absolute Gasteiger partial charge is 0.221 e. The van der Waals surface area contributed by atoms with Crippen LogP contribution in [0, 0.1) is 0 Å². The lowest BCUT2D eigenvalue weighted by atomic mass is 10.0. The Bertz CT molecular complexity index is 220. The summed E-state index contributed by atoms with van der Waals surface area (Å²) in [7, 11) is 3.37. The first kappa shape index (κ1) is 12.5. The predicted molar refractivity (Wildman–Crippen MR) is 57.4 cm³/mol. The van der Waals surface area contributed by atoms with Crippen molar-refractivity contribution in [1.82, 2.24) is 4.90 Å². The van der Waals surface area contributed by atoms with Crippen LogP contribution >= 0.6 is 0 Å². The van der Waals surface area contributed by atoms with Crippen LogP contribution in [0.4, 0.5) is 0 Å². The summed E-state index contributed by atoms with van der Waals surface area (Å²) in [6.07, 6.45) is 3.20. The Labute approximate surface area is 91.5 Å². The number of nitrogens with zero attached hydrogens (tertiary/aromatic N) is 1. The van der Waals surface area contributed by atoms with Crippen LogP contribution in [0.2, 0.25) is 0 Å². The van der Waals surface area contributed by atoms with E-state index in [1.165, 1.54) is 6.92 Å². The molecule has 0 aliphatic carbocycles. The van der Waals surface area contributed by atoms with E-state index in [9.17, 15) is 4.79 Å². The van der Waals surface area contributed by atoms with Gasteiger partial charge in [-0.25, -0.2) is 0 Å². The number of hydrogen-bond acceptors (Lipinski definition) is 3. The van der Waals surface area contributed by atoms with E-state index in [1.54, 1.807) is 19.1 Å². The Hall–Kier alpha value is -0.610. The van der Waals surface area contributed by atoms with Gasteiger partial charge in [0, 0.05) is 21.1 Å². The van der Waals surface area contributed by atoms with Gasteiger partial charge < -0.3 is 14.4 Å². The molecule has 0 bridgehead atoms. The molecule has 88 valence electrons. The van der Waals surface area contributed by atoms with Crippen LogP contribution in [-0.2, 0) is 14.3 Å². The molecule has 0 N–H and O–H groups in total. The number of hydrogen-bond donors (Lipinski definition) is 0. The van der Waals surface area contributed by atoms with Crippen molar-refractivity contribution in [2.45, 2.75) is 51.5 Å². The molecule has 1 amide bonds. The van der Waals surface area contributed by atoms with Crippen molar-refractivity contribution in [3.05, 3.63) is 0 Å². The zero-order valence-corrected chi connectivity index (χ0v) is 10.0. The summed E-state index contributed by atoms with van der Waals surface area (Å²) in [6.45, 7) is 3.60. The number of methoxy groups -OCH3 is 1. The average Bonchev–Trinajstić information content (AvgIpc) is 2.18. The lowest BCUT2D eigenvalue weighted by Crippen LogP contribution is -2.48. The van der Waals surface area contributed by atoms with E-state index in [-0.39, 0.29) is 24.3 Å². The second-order valence-corrected chi connectivity index (χ2v) is 4.17. The summed E-state index contributed by atoms with van der Waals surface area (Å²) < 4.78 is 11.1. The van der Waals surface area contributed by atoms with E-state index >= 15 is 0 Å². The first-order valence-electron chi connectivity index (χ1n) is 5.48. The highest BCUT2D eigenvalue weighted by molar-refractivity contribution is 5.73. The highest BCUT2D eigenvalue weighted by Crippen LogP contribution is 2.23. The van der Waals surface area contributed by atoms with Crippen LogP contribution in [0.3, 0.4) is 0 Å². The minimum atomic E-state index is -0.259. The second-order valence-electron chi connectivity index (χ2n) is 4.17. The number of carbonyl (C=O) groups excluding carboxylic acids is 1. The molecule has 1 aliphatic rings. The molecule has 1 fully saturated rings. The van der Waals surface area contributed by atoms with Crippen molar-refractivity contribution in [2.75, 3.05) is 14.2 Å². The van der Waals surface area contributed by atoms with Gasteiger partial charge in [0.25, 0.3) is 0 Å².